The second kappa shape index (κ2) is 9.96. The van der Waals surface area contributed by atoms with E-state index in [2.05, 4.69) is 10.5 Å². The number of hydrazone groups is 1. The second-order valence-electron chi connectivity index (χ2n) is 5.90. The van der Waals surface area contributed by atoms with Crippen LogP contribution in [0.3, 0.4) is 0 Å². The van der Waals surface area contributed by atoms with Crippen LogP contribution in [0.15, 0.2) is 65.8 Å². The van der Waals surface area contributed by atoms with Crippen LogP contribution in [0, 0.1) is 0 Å². The summed E-state index contributed by atoms with van der Waals surface area (Å²) in [6.07, 6.45) is 1.30. The van der Waals surface area contributed by atoms with Crippen molar-refractivity contribution in [1.82, 2.24) is 5.43 Å². The van der Waals surface area contributed by atoms with Gasteiger partial charge in [-0.15, -0.1) is 0 Å². The Morgan fingerprint density at radius 2 is 1.47 bits per heavy atom. The molecule has 3 aromatic carbocycles. The molecule has 3 aromatic rings. The molecule has 0 unspecified atom stereocenters. The summed E-state index contributed by atoms with van der Waals surface area (Å²) < 4.78 is 5.42. The molecule has 0 atom stereocenters. The lowest BCUT2D eigenvalue weighted by Gasteiger charge is -2.08. The number of hydrogen-bond acceptors (Lipinski definition) is 4. The summed E-state index contributed by atoms with van der Waals surface area (Å²) in [5.41, 5.74) is 3.26. The van der Waals surface area contributed by atoms with E-state index >= 15 is 0 Å². The molecule has 1 amide bonds. The van der Waals surface area contributed by atoms with Crippen molar-refractivity contribution in [3.05, 3.63) is 97.4 Å². The molecular formula is C21H12Cl4N2O3. The first kappa shape index (κ1) is 22.1. The van der Waals surface area contributed by atoms with Gasteiger partial charge in [0, 0.05) is 20.6 Å². The fourth-order valence-corrected chi connectivity index (χ4v) is 3.15. The molecule has 0 aliphatic rings. The number of carbonyl (C=O) groups is 2. The SMILES string of the molecule is O=C(Oc1ccc(Cl)cc1/C=N/NC(=O)c1ccc(Cl)cc1Cl)c1ccc(Cl)cc1. The van der Waals surface area contributed by atoms with Crippen LogP contribution in [0.25, 0.3) is 0 Å². The van der Waals surface area contributed by atoms with Crippen molar-refractivity contribution in [3.63, 3.8) is 0 Å². The third-order valence-corrected chi connectivity index (χ3v) is 4.83. The number of ether oxygens (including phenoxy) is 1. The first-order chi connectivity index (χ1) is 14.3. The van der Waals surface area contributed by atoms with Gasteiger partial charge in [-0.05, 0) is 60.7 Å². The number of halogens is 4. The van der Waals surface area contributed by atoms with Crippen LogP contribution < -0.4 is 10.2 Å². The molecule has 0 aromatic heterocycles. The molecule has 0 fully saturated rings. The van der Waals surface area contributed by atoms with E-state index in [0.29, 0.717) is 26.2 Å². The molecule has 0 spiro atoms. The Morgan fingerprint density at radius 3 is 2.17 bits per heavy atom. The molecule has 0 heterocycles. The minimum atomic E-state index is -0.583. The zero-order chi connectivity index (χ0) is 21.7. The van der Waals surface area contributed by atoms with E-state index in [-0.39, 0.29) is 16.3 Å². The standard InChI is InChI=1S/C21H12Cl4N2O3/c22-14-3-1-12(2-4-14)21(29)30-19-8-6-15(23)9-13(19)11-26-27-20(28)17-7-5-16(24)10-18(17)25/h1-11H,(H,27,28)/b26-11+. The van der Waals surface area contributed by atoms with Gasteiger partial charge in [0.15, 0.2) is 0 Å². The van der Waals surface area contributed by atoms with Crippen molar-refractivity contribution in [2.24, 2.45) is 5.10 Å². The van der Waals surface area contributed by atoms with Crippen molar-refractivity contribution in [3.8, 4) is 5.75 Å². The topological polar surface area (TPSA) is 67.8 Å². The van der Waals surface area contributed by atoms with Crippen LogP contribution in [0.4, 0.5) is 0 Å². The van der Waals surface area contributed by atoms with Crippen LogP contribution in [0.1, 0.15) is 26.3 Å². The number of rotatable bonds is 5. The van der Waals surface area contributed by atoms with E-state index < -0.39 is 11.9 Å². The largest absolute Gasteiger partial charge is 0.422 e. The summed E-state index contributed by atoms with van der Waals surface area (Å²) in [5.74, 6) is -0.905. The van der Waals surface area contributed by atoms with Crippen molar-refractivity contribution in [1.29, 1.82) is 0 Å². The summed E-state index contributed by atoms with van der Waals surface area (Å²) in [7, 11) is 0. The van der Waals surface area contributed by atoms with Crippen molar-refractivity contribution < 1.29 is 14.3 Å². The second-order valence-corrected chi connectivity index (χ2v) is 7.62. The fourth-order valence-electron chi connectivity index (χ4n) is 2.35. The van der Waals surface area contributed by atoms with Crippen molar-refractivity contribution in [2.75, 3.05) is 0 Å². The molecule has 152 valence electrons. The lowest BCUT2D eigenvalue weighted by molar-refractivity contribution is 0.0734. The van der Waals surface area contributed by atoms with Crippen LogP contribution in [0.5, 0.6) is 5.75 Å². The van der Waals surface area contributed by atoms with E-state index in [1.54, 1.807) is 30.3 Å². The molecular weight excluding hydrogens is 470 g/mol. The van der Waals surface area contributed by atoms with Gasteiger partial charge in [0.1, 0.15) is 5.75 Å². The highest BCUT2D eigenvalue weighted by atomic mass is 35.5. The molecule has 1 N–H and O–H groups in total. The molecule has 0 saturated carbocycles. The number of esters is 1. The van der Waals surface area contributed by atoms with Crippen LogP contribution in [-0.4, -0.2) is 18.1 Å². The molecule has 0 saturated heterocycles. The Bertz CT molecular complexity index is 1130. The maximum atomic E-state index is 12.4. The third kappa shape index (κ3) is 5.74. The molecule has 0 aliphatic carbocycles. The van der Waals surface area contributed by atoms with Gasteiger partial charge in [-0.2, -0.15) is 5.10 Å². The van der Waals surface area contributed by atoms with Crippen LogP contribution in [-0.2, 0) is 0 Å². The van der Waals surface area contributed by atoms with E-state index in [9.17, 15) is 9.59 Å². The summed E-state index contributed by atoms with van der Waals surface area (Å²) in [6.45, 7) is 0. The number of hydrogen-bond donors (Lipinski definition) is 1. The number of benzene rings is 3. The monoisotopic (exact) mass is 480 g/mol. The molecule has 0 aliphatic heterocycles. The zero-order valence-corrected chi connectivity index (χ0v) is 18.1. The number of amides is 1. The maximum Gasteiger partial charge on any atom is 0.343 e. The van der Waals surface area contributed by atoms with Gasteiger partial charge >= 0.3 is 5.97 Å². The highest BCUT2D eigenvalue weighted by Gasteiger charge is 2.13. The Hall–Kier alpha value is -2.57. The van der Waals surface area contributed by atoms with Gasteiger partial charge in [-0.3, -0.25) is 4.79 Å². The normalized spacial score (nSPS) is 10.8. The summed E-state index contributed by atoms with van der Waals surface area (Å²) >= 11 is 23.7. The van der Waals surface area contributed by atoms with Crippen LogP contribution in [0.2, 0.25) is 20.1 Å². The predicted molar refractivity (Wildman–Crippen MR) is 119 cm³/mol. The van der Waals surface area contributed by atoms with Gasteiger partial charge in [0.2, 0.25) is 0 Å². The molecule has 0 radical (unpaired) electrons. The fraction of sp³-hybridized carbons (Fsp3) is 0. The first-order valence-electron chi connectivity index (χ1n) is 8.39. The van der Waals surface area contributed by atoms with E-state index in [1.807, 2.05) is 0 Å². The molecule has 3 rings (SSSR count). The summed E-state index contributed by atoms with van der Waals surface area (Å²) in [6, 6.07) is 15.4. The lowest BCUT2D eigenvalue weighted by Crippen LogP contribution is -2.18. The molecule has 9 heteroatoms. The van der Waals surface area contributed by atoms with E-state index in [4.69, 9.17) is 51.1 Å². The van der Waals surface area contributed by atoms with Gasteiger partial charge in [0.25, 0.3) is 5.91 Å². The van der Waals surface area contributed by atoms with Crippen LogP contribution >= 0.6 is 46.4 Å². The number of nitrogens with zero attached hydrogens (tertiary/aromatic N) is 1. The van der Waals surface area contributed by atoms with Crippen molar-refractivity contribution in [2.45, 2.75) is 0 Å². The highest BCUT2D eigenvalue weighted by Crippen LogP contribution is 2.23. The number of nitrogens with one attached hydrogen (secondary N) is 1. The quantitative estimate of drug-likeness (QED) is 0.201. The smallest absolute Gasteiger partial charge is 0.343 e. The average Bonchev–Trinajstić information content (AvgIpc) is 2.70. The van der Waals surface area contributed by atoms with Gasteiger partial charge < -0.3 is 4.74 Å². The maximum absolute atomic E-state index is 12.4. The predicted octanol–water partition coefficient (Wildman–Crippen LogP) is 6.28. The van der Waals surface area contributed by atoms with E-state index in [0.717, 1.165) is 0 Å². The Morgan fingerprint density at radius 1 is 0.833 bits per heavy atom. The molecule has 0 bridgehead atoms. The van der Waals surface area contributed by atoms with Gasteiger partial charge in [-0.1, -0.05) is 46.4 Å². The zero-order valence-electron chi connectivity index (χ0n) is 15.0. The Balaban J connectivity index is 1.75. The Labute approximate surface area is 192 Å². The molecule has 5 nitrogen and oxygen atoms in total. The minimum absolute atomic E-state index is 0.190. The minimum Gasteiger partial charge on any atom is -0.422 e. The highest BCUT2D eigenvalue weighted by molar-refractivity contribution is 6.36. The summed E-state index contributed by atoms with van der Waals surface area (Å²) in [5, 5.41) is 5.39. The first-order valence-corrected chi connectivity index (χ1v) is 9.90. The van der Waals surface area contributed by atoms with Gasteiger partial charge in [-0.25, -0.2) is 10.2 Å². The Kier molecular flexibility index (Phi) is 7.34. The van der Waals surface area contributed by atoms with E-state index in [1.165, 1.54) is 36.5 Å². The van der Waals surface area contributed by atoms with Gasteiger partial charge in [0.05, 0.1) is 22.4 Å². The van der Waals surface area contributed by atoms with Crippen molar-refractivity contribution >= 4 is 64.5 Å². The lowest BCUT2D eigenvalue weighted by atomic mass is 10.2. The average molecular weight is 482 g/mol. The molecule has 30 heavy (non-hydrogen) atoms. The third-order valence-electron chi connectivity index (χ3n) is 3.80. The summed E-state index contributed by atoms with van der Waals surface area (Å²) in [4.78, 5) is 24.6. The number of carbonyl (C=O) groups excluding carboxylic acids is 2.